The zero-order chi connectivity index (χ0) is 26.0. The Hall–Kier alpha value is -4.82. The van der Waals surface area contributed by atoms with Gasteiger partial charge < -0.3 is 22.1 Å². The highest BCUT2D eigenvalue weighted by atomic mass is 35.5. The van der Waals surface area contributed by atoms with Crippen molar-refractivity contribution in [3.8, 4) is 0 Å². The summed E-state index contributed by atoms with van der Waals surface area (Å²) < 4.78 is 9.51. The van der Waals surface area contributed by atoms with Gasteiger partial charge in [-0.1, -0.05) is 59.6 Å². The molecule has 37 heavy (non-hydrogen) atoms. The van der Waals surface area contributed by atoms with E-state index in [0.29, 0.717) is 21.2 Å². The molecule has 2 heterocycles. The van der Waals surface area contributed by atoms with Crippen molar-refractivity contribution in [3.05, 3.63) is 81.1 Å². The molecular formula is C21H18Cl2N12O2. The Labute approximate surface area is 219 Å². The maximum absolute atomic E-state index is 6.08. The standard InChI is InChI=1S/C21H18Cl2N12O2/c22-14-7-3-1-5-12(14)9-28-30-18(24)16-20(34-36-32-16)26-11-27-21-17(33-37-35-21)19(25)31-29-10-13-6-2-4-8-15(13)23/h1-10H,11H2,(H2,24,30)(H2,25,31)(H,26,34)(H,27,35)/b28-9+,29-10+. The molecule has 0 saturated heterocycles. The minimum atomic E-state index is -0.0383. The second kappa shape index (κ2) is 12.2. The Bertz CT molecular complexity index is 1370. The smallest absolute Gasteiger partial charge is 0.203 e. The van der Waals surface area contributed by atoms with Gasteiger partial charge in [0.15, 0.2) is 23.1 Å². The third-order valence-corrected chi connectivity index (χ3v) is 5.20. The molecule has 4 aromatic rings. The summed E-state index contributed by atoms with van der Waals surface area (Å²) in [5.74, 6) is 0.323. The molecule has 0 unspecified atom stereocenters. The Morgan fingerprint density at radius 2 is 1.16 bits per heavy atom. The molecule has 0 aliphatic rings. The summed E-state index contributed by atoms with van der Waals surface area (Å²) in [6.07, 6.45) is 2.92. The van der Waals surface area contributed by atoms with Crippen LogP contribution in [0.3, 0.4) is 0 Å². The molecule has 2 aromatic heterocycles. The molecule has 0 radical (unpaired) electrons. The second-order valence-corrected chi connectivity index (χ2v) is 7.77. The number of halogens is 2. The Balaban J connectivity index is 1.36. The Morgan fingerprint density at radius 1 is 0.730 bits per heavy atom. The largest absolute Gasteiger partial charge is 0.380 e. The van der Waals surface area contributed by atoms with Gasteiger partial charge in [-0.05, 0) is 32.8 Å². The number of benzene rings is 2. The van der Waals surface area contributed by atoms with Crippen LogP contribution in [0.25, 0.3) is 0 Å². The molecular weight excluding hydrogens is 523 g/mol. The van der Waals surface area contributed by atoms with Crippen molar-refractivity contribution in [3.63, 3.8) is 0 Å². The van der Waals surface area contributed by atoms with E-state index in [1.165, 1.54) is 12.4 Å². The lowest BCUT2D eigenvalue weighted by atomic mass is 10.2. The molecule has 4 rings (SSSR count). The predicted octanol–water partition coefficient (Wildman–Crippen LogP) is 2.72. The number of rotatable bonds is 10. The summed E-state index contributed by atoms with van der Waals surface area (Å²) in [4.78, 5) is 0. The molecule has 0 amide bonds. The predicted molar refractivity (Wildman–Crippen MR) is 140 cm³/mol. The van der Waals surface area contributed by atoms with Crippen molar-refractivity contribution in [2.45, 2.75) is 0 Å². The fourth-order valence-electron chi connectivity index (χ4n) is 2.72. The first-order valence-electron chi connectivity index (χ1n) is 10.4. The molecule has 6 N–H and O–H groups in total. The molecule has 0 aliphatic carbocycles. The van der Waals surface area contributed by atoms with Crippen LogP contribution in [0.1, 0.15) is 22.5 Å². The molecule has 188 valence electrons. The van der Waals surface area contributed by atoms with Crippen LogP contribution < -0.4 is 22.1 Å². The molecule has 14 nitrogen and oxygen atoms in total. The van der Waals surface area contributed by atoms with E-state index in [4.69, 9.17) is 43.9 Å². The topological polar surface area (TPSA) is 203 Å². The van der Waals surface area contributed by atoms with E-state index in [1.54, 1.807) is 36.4 Å². The van der Waals surface area contributed by atoms with Crippen molar-refractivity contribution >= 4 is 58.9 Å². The van der Waals surface area contributed by atoms with Crippen LogP contribution in [0.4, 0.5) is 11.6 Å². The zero-order valence-electron chi connectivity index (χ0n) is 18.8. The third kappa shape index (κ3) is 6.65. The second-order valence-electron chi connectivity index (χ2n) is 6.96. The van der Waals surface area contributed by atoms with Gasteiger partial charge in [0.25, 0.3) is 0 Å². The highest BCUT2D eigenvalue weighted by Crippen LogP contribution is 2.14. The highest BCUT2D eigenvalue weighted by Gasteiger charge is 2.16. The summed E-state index contributed by atoms with van der Waals surface area (Å²) in [7, 11) is 0. The molecule has 0 aliphatic heterocycles. The normalized spacial score (nSPS) is 12.5. The first-order chi connectivity index (χ1) is 18.0. The maximum atomic E-state index is 6.08. The van der Waals surface area contributed by atoms with Gasteiger partial charge in [0.05, 0.1) is 19.1 Å². The quantitative estimate of drug-likeness (QED) is 0.1000. The first kappa shape index (κ1) is 25.3. The van der Waals surface area contributed by atoms with Crippen molar-refractivity contribution < 1.29 is 9.26 Å². The number of nitrogens with one attached hydrogen (secondary N) is 2. The Morgan fingerprint density at radius 3 is 1.59 bits per heavy atom. The van der Waals surface area contributed by atoms with E-state index in [0.717, 1.165) is 0 Å². The van der Waals surface area contributed by atoms with Crippen molar-refractivity contribution in [1.29, 1.82) is 0 Å². The minimum absolute atomic E-state index is 0.0383. The lowest BCUT2D eigenvalue weighted by Crippen LogP contribution is -2.21. The van der Waals surface area contributed by atoms with E-state index >= 15 is 0 Å². The van der Waals surface area contributed by atoms with Crippen molar-refractivity contribution in [2.24, 2.45) is 31.9 Å². The number of aromatic nitrogens is 4. The summed E-state index contributed by atoms with van der Waals surface area (Å²) in [6, 6.07) is 14.3. The number of hydrogen-bond donors (Lipinski definition) is 4. The minimum Gasteiger partial charge on any atom is -0.380 e. The monoisotopic (exact) mass is 540 g/mol. The van der Waals surface area contributed by atoms with E-state index in [-0.39, 0.29) is 41.4 Å². The van der Waals surface area contributed by atoms with Crippen molar-refractivity contribution in [1.82, 2.24) is 20.6 Å². The maximum Gasteiger partial charge on any atom is 0.203 e. The van der Waals surface area contributed by atoms with Gasteiger partial charge in [-0.2, -0.15) is 10.2 Å². The zero-order valence-corrected chi connectivity index (χ0v) is 20.3. The first-order valence-corrected chi connectivity index (χ1v) is 11.1. The van der Waals surface area contributed by atoms with E-state index in [9.17, 15) is 0 Å². The van der Waals surface area contributed by atoms with Crippen LogP contribution >= 0.6 is 23.2 Å². The van der Waals surface area contributed by atoms with Crippen LogP contribution in [-0.4, -0.2) is 51.4 Å². The van der Waals surface area contributed by atoms with Crippen LogP contribution in [0, 0.1) is 0 Å². The molecule has 0 bridgehead atoms. The summed E-state index contributed by atoms with van der Waals surface area (Å²) in [5.41, 5.74) is 13.6. The lowest BCUT2D eigenvalue weighted by molar-refractivity contribution is 0.307. The number of hydrogen-bond acceptors (Lipinski definition) is 12. The third-order valence-electron chi connectivity index (χ3n) is 4.51. The number of amidine groups is 2. The average Bonchev–Trinajstić information content (AvgIpc) is 3.56. The molecule has 0 atom stereocenters. The van der Waals surface area contributed by atoms with Gasteiger partial charge >= 0.3 is 0 Å². The van der Waals surface area contributed by atoms with Crippen LogP contribution in [-0.2, 0) is 0 Å². The fraction of sp³-hybridized carbons (Fsp3) is 0.0476. The van der Waals surface area contributed by atoms with E-state index in [2.05, 4.69) is 51.7 Å². The highest BCUT2D eigenvalue weighted by molar-refractivity contribution is 6.33. The van der Waals surface area contributed by atoms with Crippen LogP contribution in [0.2, 0.25) is 10.0 Å². The number of nitrogens with zero attached hydrogens (tertiary/aromatic N) is 8. The molecule has 0 spiro atoms. The molecule has 16 heteroatoms. The van der Waals surface area contributed by atoms with E-state index < -0.39 is 0 Å². The number of nitrogens with two attached hydrogens (primary N) is 2. The van der Waals surface area contributed by atoms with Gasteiger partial charge in [-0.3, -0.25) is 0 Å². The van der Waals surface area contributed by atoms with Gasteiger partial charge in [0, 0.05) is 21.2 Å². The summed E-state index contributed by atoms with van der Waals surface area (Å²) >= 11 is 12.2. The fourth-order valence-corrected chi connectivity index (χ4v) is 3.09. The van der Waals surface area contributed by atoms with Crippen LogP contribution in [0.5, 0.6) is 0 Å². The van der Waals surface area contributed by atoms with Gasteiger partial charge in [0.1, 0.15) is 0 Å². The van der Waals surface area contributed by atoms with Gasteiger partial charge in [-0.15, -0.1) is 10.2 Å². The van der Waals surface area contributed by atoms with Crippen molar-refractivity contribution in [2.75, 3.05) is 17.3 Å². The lowest BCUT2D eigenvalue weighted by Gasteiger charge is -2.05. The summed E-state index contributed by atoms with van der Waals surface area (Å²) in [6.45, 7) is 0.0781. The molecule has 2 aromatic carbocycles. The molecule has 0 fully saturated rings. The SMILES string of the molecule is N/C(=N/N=C/c1ccccc1Cl)c1nonc1NCNc1nonc1/C(N)=N\N=C\c1ccccc1Cl. The average molecular weight is 541 g/mol. The molecule has 0 saturated carbocycles. The van der Waals surface area contributed by atoms with Gasteiger partial charge in [0.2, 0.25) is 11.6 Å². The Kier molecular flexibility index (Phi) is 8.36. The van der Waals surface area contributed by atoms with Gasteiger partial charge in [-0.25, -0.2) is 9.26 Å². The summed E-state index contributed by atoms with van der Waals surface area (Å²) in [5, 5.41) is 37.6. The van der Waals surface area contributed by atoms with E-state index in [1.807, 2.05) is 12.1 Å². The van der Waals surface area contributed by atoms with Crippen LogP contribution in [0.15, 0.2) is 78.2 Å². The number of anilines is 2.